The summed E-state index contributed by atoms with van der Waals surface area (Å²) < 4.78 is 4.68. The number of ketones is 1. The van der Waals surface area contributed by atoms with Crippen LogP contribution in [0.5, 0.6) is 0 Å². The molecule has 80 valence electrons. The van der Waals surface area contributed by atoms with Gasteiger partial charge in [0, 0.05) is 6.20 Å². The van der Waals surface area contributed by atoms with Crippen molar-refractivity contribution in [2.45, 2.75) is 13.8 Å². The van der Waals surface area contributed by atoms with Gasteiger partial charge >= 0.3 is 11.7 Å². The van der Waals surface area contributed by atoms with Gasteiger partial charge in [-0.2, -0.15) is 0 Å². The van der Waals surface area contributed by atoms with Crippen LogP contribution in [0.15, 0.2) is 11.0 Å². The van der Waals surface area contributed by atoms with Crippen molar-refractivity contribution in [3.8, 4) is 0 Å². The number of rotatable bonds is 3. The third-order valence-corrected chi connectivity index (χ3v) is 1.67. The molecule has 0 aliphatic rings. The first-order valence-corrected chi connectivity index (χ1v) is 4.33. The average molecular weight is 210 g/mol. The predicted molar refractivity (Wildman–Crippen MR) is 50.8 cm³/mol. The number of ether oxygens (including phenoxy) is 1. The molecule has 0 aliphatic carbocycles. The van der Waals surface area contributed by atoms with Crippen molar-refractivity contribution in [3.63, 3.8) is 0 Å². The van der Waals surface area contributed by atoms with Crippen LogP contribution >= 0.6 is 0 Å². The first kappa shape index (κ1) is 11.1. The van der Waals surface area contributed by atoms with E-state index in [1.165, 1.54) is 6.92 Å². The first-order valence-electron chi connectivity index (χ1n) is 4.33. The molecule has 1 N–H and O–H groups in total. The third kappa shape index (κ3) is 2.49. The standard InChI is InChI=1S/C9H10N2O4/c1-3-15-8(13)7-6(5(2)12)4-10-9(14)11-7/h4H,3H2,1-2H3,(H,10,11,14). The highest BCUT2D eigenvalue weighted by atomic mass is 16.5. The van der Waals surface area contributed by atoms with Gasteiger partial charge in [-0.25, -0.2) is 14.6 Å². The summed E-state index contributed by atoms with van der Waals surface area (Å²) in [5.74, 6) is -1.09. The number of H-pyrrole nitrogens is 1. The second-order valence-corrected chi connectivity index (χ2v) is 2.75. The molecule has 1 aromatic heterocycles. The van der Waals surface area contributed by atoms with Crippen molar-refractivity contribution in [2.75, 3.05) is 6.61 Å². The van der Waals surface area contributed by atoms with E-state index in [-0.39, 0.29) is 23.6 Å². The summed E-state index contributed by atoms with van der Waals surface area (Å²) in [6, 6.07) is 0. The number of Topliss-reactive ketones (excluding diaryl/α,β-unsaturated/α-hetero) is 1. The fraction of sp³-hybridized carbons (Fsp3) is 0.333. The van der Waals surface area contributed by atoms with Crippen molar-refractivity contribution in [2.24, 2.45) is 0 Å². The topological polar surface area (TPSA) is 89.1 Å². The summed E-state index contributed by atoms with van der Waals surface area (Å²) in [5, 5.41) is 0. The maximum absolute atomic E-state index is 11.3. The van der Waals surface area contributed by atoms with Crippen LogP contribution in [-0.2, 0) is 4.74 Å². The van der Waals surface area contributed by atoms with Crippen molar-refractivity contribution >= 4 is 11.8 Å². The zero-order chi connectivity index (χ0) is 11.4. The summed E-state index contributed by atoms with van der Waals surface area (Å²) in [5.41, 5.74) is -0.791. The maximum atomic E-state index is 11.3. The Morgan fingerprint density at radius 2 is 2.20 bits per heavy atom. The van der Waals surface area contributed by atoms with Gasteiger partial charge in [0.15, 0.2) is 5.78 Å². The van der Waals surface area contributed by atoms with Gasteiger partial charge in [0.2, 0.25) is 0 Å². The Hall–Kier alpha value is -1.98. The number of aromatic amines is 1. The van der Waals surface area contributed by atoms with Crippen LogP contribution in [0.1, 0.15) is 34.7 Å². The molecule has 6 heteroatoms. The molecule has 6 nitrogen and oxygen atoms in total. The number of nitrogens with zero attached hydrogens (tertiary/aromatic N) is 1. The highest BCUT2D eigenvalue weighted by molar-refractivity contribution is 6.03. The molecule has 1 aromatic rings. The second-order valence-electron chi connectivity index (χ2n) is 2.75. The number of carbonyl (C=O) groups is 2. The normalized spacial score (nSPS) is 9.73. The van der Waals surface area contributed by atoms with Gasteiger partial charge in [0.1, 0.15) is 5.69 Å². The largest absolute Gasteiger partial charge is 0.461 e. The minimum atomic E-state index is -0.734. The van der Waals surface area contributed by atoms with E-state index < -0.39 is 11.7 Å². The number of hydrogen-bond acceptors (Lipinski definition) is 5. The molecule has 0 aliphatic heterocycles. The second kappa shape index (κ2) is 4.50. The van der Waals surface area contributed by atoms with Gasteiger partial charge in [-0.15, -0.1) is 0 Å². The molecule has 0 spiro atoms. The number of nitrogens with one attached hydrogen (secondary N) is 1. The molecule has 1 heterocycles. The highest BCUT2D eigenvalue weighted by Gasteiger charge is 2.16. The number of carbonyl (C=O) groups excluding carboxylic acids is 2. The van der Waals surface area contributed by atoms with E-state index in [9.17, 15) is 14.4 Å². The fourth-order valence-electron chi connectivity index (χ4n) is 1.03. The predicted octanol–water partition coefficient (Wildman–Crippen LogP) is 0.149. The Balaban J connectivity index is 3.24. The number of hydrogen-bond donors (Lipinski definition) is 1. The monoisotopic (exact) mass is 210 g/mol. The Morgan fingerprint density at radius 1 is 1.53 bits per heavy atom. The van der Waals surface area contributed by atoms with E-state index in [1.54, 1.807) is 6.92 Å². The van der Waals surface area contributed by atoms with Crippen LogP contribution in [0, 0.1) is 0 Å². The lowest BCUT2D eigenvalue weighted by Crippen LogP contribution is -2.21. The Labute approximate surface area is 85.3 Å². The Morgan fingerprint density at radius 3 is 2.73 bits per heavy atom. The molecule has 0 amide bonds. The van der Waals surface area contributed by atoms with Gasteiger partial charge in [-0.1, -0.05) is 0 Å². The van der Waals surface area contributed by atoms with Crippen molar-refractivity contribution in [3.05, 3.63) is 27.9 Å². The van der Waals surface area contributed by atoms with E-state index in [0.717, 1.165) is 6.20 Å². The summed E-state index contributed by atoms with van der Waals surface area (Å²) in [7, 11) is 0. The Kier molecular flexibility index (Phi) is 3.33. The minimum Gasteiger partial charge on any atom is -0.461 e. The zero-order valence-corrected chi connectivity index (χ0v) is 8.36. The van der Waals surface area contributed by atoms with Crippen LogP contribution in [-0.4, -0.2) is 28.3 Å². The molecule has 0 radical (unpaired) electrons. The zero-order valence-electron chi connectivity index (χ0n) is 8.36. The van der Waals surface area contributed by atoms with Crippen molar-refractivity contribution < 1.29 is 14.3 Å². The lowest BCUT2D eigenvalue weighted by Gasteiger charge is -2.04. The van der Waals surface area contributed by atoms with E-state index in [0.29, 0.717) is 0 Å². The number of aromatic nitrogens is 2. The van der Waals surface area contributed by atoms with Gasteiger partial charge in [-0.3, -0.25) is 9.78 Å². The van der Waals surface area contributed by atoms with E-state index in [4.69, 9.17) is 0 Å². The maximum Gasteiger partial charge on any atom is 0.355 e. The van der Waals surface area contributed by atoms with E-state index in [2.05, 4.69) is 14.7 Å². The van der Waals surface area contributed by atoms with Crippen LogP contribution in [0.2, 0.25) is 0 Å². The average Bonchev–Trinajstić information content (AvgIpc) is 2.17. The smallest absolute Gasteiger partial charge is 0.355 e. The number of esters is 1. The molecule has 0 saturated carbocycles. The summed E-state index contributed by atoms with van der Waals surface area (Å²) in [6.07, 6.45) is 1.06. The quantitative estimate of drug-likeness (QED) is 0.566. The molecule has 15 heavy (non-hydrogen) atoms. The molecule has 0 atom stereocenters. The SMILES string of the molecule is CCOC(=O)c1[nH]c(=O)ncc1C(C)=O. The van der Waals surface area contributed by atoms with Crippen molar-refractivity contribution in [1.29, 1.82) is 0 Å². The lowest BCUT2D eigenvalue weighted by atomic mass is 10.1. The van der Waals surface area contributed by atoms with Gasteiger partial charge in [-0.05, 0) is 13.8 Å². The van der Waals surface area contributed by atoms with Gasteiger partial charge in [0.25, 0.3) is 0 Å². The lowest BCUT2D eigenvalue weighted by molar-refractivity contribution is 0.0515. The van der Waals surface area contributed by atoms with E-state index in [1.807, 2.05) is 0 Å². The molecule has 0 bridgehead atoms. The third-order valence-electron chi connectivity index (χ3n) is 1.67. The molecular weight excluding hydrogens is 200 g/mol. The highest BCUT2D eigenvalue weighted by Crippen LogP contribution is 2.04. The van der Waals surface area contributed by atoms with Crippen LogP contribution in [0.4, 0.5) is 0 Å². The molecule has 0 aromatic carbocycles. The van der Waals surface area contributed by atoms with E-state index >= 15 is 0 Å². The van der Waals surface area contributed by atoms with Crippen molar-refractivity contribution in [1.82, 2.24) is 9.97 Å². The fourth-order valence-corrected chi connectivity index (χ4v) is 1.03. The molecule has 0 fully saturated rings. The molecule has 0 saturated heterocycles. The molecule has 1 rings (SSSR count). The molecular formula is C9H10N2O4. The van der Waals surface area contributed by atoms with Crippen LogP contribution in [0.3, 0.4) is 0 Å². The summed E-state index contributed by atoms with van der Waals surface area (Å²) >= 11 is 0. The van der Waals surface area contributed by atoms with Crippen LogP contribution < -0.4 is 5.69 Å². The van der Waals surface area contributed by atoms with Gasteiger partial charge < -0.3 is 4.74 Å². The molecule has 0 unspecified atom stereocenters. The summed E-state index contributed by atoms with van der Waals surface area (Å²) in [4.78, 5) is 38.9. The Bertz CT molecular complexity index is 450. The first-order chi connectivity index (χ1) is 7.06. The van der Waals surface area contributed by atoms with Crippen LogP contribution in [0.25, 0.3) is 0 Å². The minimum absolute atomic E-state index is 0.0491. The van der Waals surface area contributed by atoms with Gasteiger partial charge in [0.05, 0.1) is 12.2 Å². The summed E-state index contributed by atoms with van der Waals surface area (Å²) in [6.45, 7) is 3.07.